The first-order valence-electron chi connectivity index (χ1n) is 9.10. The minimum atomic E-state index is -0.478. The monoisotopic (exact) mass is 380 g/mol. The maximum absolute atomic E-state index is 12.5. The van der Waals surface area contributed by atoms with E-state index in [1.807, 2.05) is 61.5 Å². The van der Waals surface area contributed by atoms with Gasteiger partial charge in [0, 0.05) is 17.2 Å². The van der Waals surface area contributed by atoms with Gasteiger partial charge in [0.25, 0.3) is 5.56 Å². The molecule has 28 heavy (non-hydrogen) atoms. The van der Waals surface area contributed by atoms with Gasteiger partial charge < -0.3 is 9.47 Å². The van der Waals surface area contributed by atoms with Crippen LogP contribution in [0, 0.1) is 6.92 Å². The summed E-state index contributed by atoms with van der Waals surface area (Å²) in [6, 6.07) is 17.3. The molecule has 3 rings (SSSR count). The zero-order valence-corrected chi connectivity index (χ0v) is 16.3. The number of ether oxygens (including phenoxy) is 2. The van der Waals surface area contributed by atoms with E-state index in [4.69, 9.17) is 9.47 Å². The molecule has 146 valence electrons. The molecule has 6 heteroatoms. The van der Waals surface area contributed by atoms with E-state index in [0.717, 1.165) is 16.9 Å². The van der Waals surface area contributed by atoms with Gasteiger partial charge in [0.1, 0.15) is 12.5 Å². The number of hydrogen-bond donors (Lipinski definition) is 1. The minimum absolute atomic E-state index is 0.0506. The number of rotatable bonds is 7. The average molecular weight is 380 g/mol. The summed E-state index contributed by atoms with van der Waals surface area (Å²) in [6.45, 7) is 4.11. The predicted octanol–water partition coefficient (Wildman–Crippen LogP) is 3.18. The second kappa shape index (κ2) is 8.71. The van der Waals surface area contributed by atoms with Crippen LogP contribution >= 0.6 is 0 Å². The van der Waals surface area contributed by atoms with Crippen molar-refractivity contribution in [2.45, 2.75) is 33.1 Å². The van der Waals surface area contributed by atoms with Gasteiger partial charge in [-0.2, -0.15) is 0 Å². The van der Waals surface area contributed by atoms with Gasteiger partial charge in [-0.3, -0.25) is 14.3 Å². The maximum atomic E-state index is 12.5. The Bertz CT molecular complexity index is 1050. The van der Waals surface area contributed by atoms with Gasteiger partial charge in [-0.25, -0.2) is 4.79 Å². The molecule has 3 aromatic rings. The van der Waals surface area contributed by atoms with Crippen LogP contribution in [-0.4, -0.2) is 16.7 Å². The first kappa shape index (κ1) is 19.6. The average Bonchev–Trinajstić information content (AvgIpc) is 2.72. The number of aromatic nitrogens is 2. The molecule has 1 atom stereocenters. The van der Waals surface area contributed by atoms with Crippen LogP contribution in [0.1, 0.15) is 35.2 Å². The SMILES string of the molecule is COc1cccc(C(C)c2c(C)c(=O)[nH]c(=O)n2COCc2ccccc2)c1. The van der Waals surface area contributed by atoms with Crippen LogP contribution in [-0.2, 0) is 18.1 Å². The summed E-state index contributed by atoms with van der Waals surface area (Å²) in [5.41, 5.74) is 2.24. The largest absolute Gasteiger partial charge is 0.497 e. The lowest BCUT2D eigenvalue weighted by Gasteiger charge is -2.21. The Morgan fingerprint density at radius 2 is 1.82 bits per heavy atom. The normalized spacial score (nSPS) is 12.0. The summed E-state index contributed by atoms with van der Waals surface area (Å²) in [5, 5.41) is 0. The number of nitrogens with one attached hydrogen (secondary N) is 1. The third-order valence-corrected chi connectivity index (χ3v) is 4.82. The molecular weight excluding hydrogens is 356 g/mol. The Kier molecular flexibility index (Phi) is 6.11. The molecule has 0 spiro atoms. The number of hydrogen-bond acceptors (Lipinski definition) is 4. The van der Waals surface area contributed by atoms with E-state index in [9.17, 15) is 9.59 Å². The summed E-state index contributed by atoms with van der Waals surface area (Å²) in [5.74, 6) is 0.534. The van der Waals surface area contributed by atoms with E-state index >= 15 is 0 Å². The summed E-state index contributed by atoms with van der Waals surface area (Å²) < 4.78 is 12.6. The lowest BCUT2D eigenvalue weighted by Crippen LogP contribution is -2.36. The molecule has 0 aliphatic carbocycles. The quantitative estimate of drug-likeness (QED) is 0.683. The summed E-state index contributed by atoms with van der Waals surface area (Å²) in [6.07, 6.45) is 0. The Morgan fingerprint density at radius 3 is 2.54 bits per heavy atom. The maximum Gasteiger partial charge on any atom is 0.330 e. The zero-order chi connectivity index (χ0) is 20.1. The van der Waals surface area contributed by atoms with Crippen LogP contribution in [0.5, 0.6) is 5.75 Å². The summed E-state index contributed by atoms with van der Waals surface area (Å²) in [4.78, 5) is 27.1. The van der Waals surface area contributed by atoms with Gasteiger partial charge in [0.2, 0.25) is 0 Å². The second-order valence-electron chi connectivity index (χ2n) is 6.66. The zero-order valence-electron chi connectivity index (χ0n) is 16.3. The van der Waals surface area contributed by atoms with Crippen molar-refractivity contribution in [3.05, 3.63) is 97.8 Å². The fourth-order valence-electron chi connectivity index (χ4n) is 3.27. The molecule has 1 unspecified atom stereocenters. The van der Waals surface area contributed by atoms with Gasteiger partial charge >= 0.3 is 5.69 Å². The molecule has 1 heterocycles. The minimum Gasteiger partial charge on any atom is -0.497 e. The fraction of sp³-hybridized carbons (Fsp3) is 0.273. The second-order valence-corrected chi connectivity index (χ2v) is 6.66. The highest BCUT2D eigenvalue weighted by atomic mass is 16.5. The molecule has 6 nitrogen and oxygen atoms in total. The standard InChI is InChI=1S/C22H24N2O4/c1-15(18-10-7-11-19(12-18)27-3)20-16(2)21(25)23-22(26)24(20)14-28-13-17-8-5-4-6-9-17/h4-12,15H,13-14H2,1-3H3,(H,23,25,26). The molecule has 0 aliphatic heterocycles. The van der Waals surface area contributed by atoms with Crippen LogP contribution in [0.4, 0.5) is 0 Å². The topological polar surface area (TPSA) is 73.3 Å². The lowest BCUT2D eigenvalue weighted by molar-refractivity contribution is 0.0584. The number of H-pyrrole nitrogens is 1. The lowest BCUT2D eigenvalue weighted by atomic mass is 9.94. The van der Waals surface area contributed by atoms with E-state index in [0.29, 0.717) is 17.9 Å². The van der Waals surface area contributed by atoms with Crippen molar-refractivity contribution in [2.75, 3.05) is 7.11 Å². The Balaban J connectivity index is 1.94. The van der Waals surface area contributed by atoms with E-state index in [1.54, 1.807) is 14.0 Å². The van der Waals surface area contributed by atoms with Crippen LogP contribution < -0.4 is 16.0 Å². The van der Waals surface area contributed by atoms with Crippen molar-refractivity contribution in [3.63, 3.8) is 0 Å². The van der Waals surface area contributed by atoms with Crippen LogP contribution in [0.15, 0.2) is 64.2 Å². The fourth-order valence-corrected chi connectivity index (χ4v) is 3.27. The molecule has 0 saturated carbocycles. The van der Waals surface area contributed by atoms with Gasteiger partial charge in [-0.15, -0.1) is 0 Å². The van der Waals surface area contributed by atoms with E-state index in [2.05, 4.69) is 4.98 Å². The van der Waals surface area contributed by atoms with Gasteiger partial charge in [-0.1, -0.05) is 49.4 Å². The van der Waals surface area contributed by atoms with Gasteiger partial charge in [0.15, 0.2) is 0 Å². The molecule has 0 aliphatic rings. The molecule has 0 radical (unpaired) electrons. The van der Waals surface area contributed by atoms with Crippen molar-refractivity contribution < 1.29 is 9.47 Å². The molecule has 1 N–H and O–H groups in total. The molecule has 0 bridgehead atoms. The first-order chi connectivity index (χ1) is 13.5. The number of nitrogens with zero attached hydrogens (tertiary/aromatic N) is 1. The van der Waals surface area contributed by atoms with Crippen LogP contribution in [0.2, 0.25) is 0 Å². The highest BCUT2D eigenvalue weighted by molar-refractivity contribution is 5.36. The first-order valence-corrected chi connectivity index (χ1v) is 9.10. The molecular formula is C22H24N2O4. The predicted molar refractivity (Wildman–Crippen MR) is 108 cm³/mol. The smallest absolute Gasteiger partial charge is 0.330 e. The Morgan fingerprint density at radius 1 is 1.07 bits per heavy atom. The molecule has 0 fully saturated rings. The summed E-state index contributed by atoms with van der Waals surface area (Å²) in [7, 11) is 1.61. The van der Waals surface area contributed by atoms with Crippen molar-refractivity contribution in [2.24, 2.45) is 0 Å². The number of benzene rings is 2. The molecule has 0 saturated heterocycles. The van der Waals surface area contributed by atoms with E-state index < -0.39 is 5.69 Å². The van der Waals surface area contributed by atoms with Crippen molar-refractivity contribution in [1.29, 1.82) is 0 Å². The van der Waals surface area contributed by atoms with Gasteiger partial charge in [0.05, 0.1) is 13.7 Å². The number of aromatic amines is 1. The van der Waals surface area contributed by atoms with Crippen LogP contribution in [0.25, 0.3) is 0 Å². The highest BCUT2D eigenvalue weighted by Gasteiger charge is 2.19. The highest BCUT2D eigenvalue weighted by Crippen LogP contribution is 2.27. The number of methoxy groups -OCH3 is 1. The van der Waals surface area contributed by atoms with Crippen LogP contribution in [0.3, 0.4) is 0 Å². The third-order valence-electron chi connectivity index (χ3n) is 4.82. The van der Waals surface area contributed by atoms with Crippen molar-refractivity contribution >= 4 is 0 Å². The van der Waals surface area contributed by atoms with Crippen molar-refractivity contribution in [1.82, 2.24) is 9.55 Å². The van der Waals surface area contributed by atoms with E-state index in [1.165, 1.54) is 4.57 Å². The Labute approximate surface area is 163 Å². The molecule has 0 amide bonds. The van der Waals surface area contributed by atoms with Gasteiger partial charge in [-0.05, 0) is 30.2 Å². The molecule has 1 aromatic heterocycles. The summed E-state index contributed by atoms with van der Waals surface area (Å²) >= 11 is 0. The molecule has 2 aromatic carbocycles. The Hall–Kier alpha value is -3.12. The third kappa shape index (κ3) is 4.23. The van der Waals surface area contributed by atoms with E-state index in [-0.39, 0.29) is 18.2 Å². The van der Waals surface area contributed by atoms with Crippen molar-refractivity contribution in [3.8, 4) is 5.75 Å².